The van der Waals surface area contributed by atoms with Crippen LogP contribution in [-0.4, -0.2) is 60.2 Å². The molecule has 1 aliphatic rings. The molecule has 0 radical (unpaired) electrons. The van der Waals surface area contributed by atoms with Gasteiger partial charge in [-0.05, 0) is 54.0 Å². The number of nitrogens with two attached hydrogens (primary N) is 1. The Bertz CT molecular complexity index is 1640. The molecule has 9 nitrogen and oxygen atoms in total. The van der Waals surface area contributed by atoms with Gasteiger partial charge in [0.25, 0.3) is 5.91 Å². The van der Waals surface area contributed by atoms with Crippen molar-refractivity contribution in [3.05, 3.63) is 95.3 Å². The zero-order chi connectivity index (χ0) is 31.6. The highest BCUT2D eigenvalue weighted by molar-refractivity contribution is 8.22. The van der Waals surface area contributed by atoms with Gasteiger partial charge in [0, 0.05) is 43.5 Å². The molecular weight excluding hydrogens is 593 g/mol. The van der Waals surface area contributed by atoms with E-state index in [0.29, 0.717) is 53.0 Å². The van der Waals surface area contributed by atoms with Crippen LogP contribution in [0.15, 0.2) is 77.7 Å². The number of rotatable bonds is 10. The van der Waals surface area contributed by atoms with Crippen molar-refractivity contribution in [3.63, 3.8) is 0 Å². The normalized spacial score (nSPS) is 15.4. The van der Waals surface area contributed by atoms with E-state index in [1.165, 1.54) is 0 Å². The second-order valence-electron chi connectivity index (χ2n) is 10.4. The number of anilines is 1. The van der Waals surface area contributed by atoms with Gasteiger partial charge in [-0.15, -0.1) is 10.8 Å². The number of benzene rings is 3. The molecule has 0 bridgehead atoms. The van der Waals surface area contributed by atoms with Gasteiger partial charge in [0.1, 0.15) is 5.69 Å². The number of amides is 1. The van der Waals surface area contributed by atoms with Gasteiger partial charge in [-0.2, -0.15) is 22.6 Å². The molecular formula is C31H35F3N6O3S. The molecule has 5 N–H and O–H groups in total. The maximum absolute atomic E-state index is 13.6. The van der Waals surface area contributed by atoms with E-state index >= 15 is 0 Å². The molecule has 0 spiro atoms. The number of carbonyl (C=O) groups excluding carboxylic acids is 1. The highest BCUT2D eigenvalue weighted by Crippen LogP contribution is 2.61. The lowest BCUT2D eigenvalue weighted by molar-refractivity contribution is -0.141. The molecule has 0 unspecified atom stereocenters. The first-order chi connectivity index (χ1) is 21.0. The third kappa shape index (κ3) is 6.39. The van der Waals surface area contributed by atoms with E-state index < -0.39 is 28.6 Å². The second kappa shape index (κ2) is 12.7. The molecule has 1 amide bonds. The lowest BCUT2D eigenvalue weighted by Gasteiger charge is -2.39. The molecule has 44 heavy (non-hydrogen) atoms. The summed E-state index contributed by atoms with van der Waals surface area (Å²) < 4.78 is 66.0. The van der Waals surface area contributed by atoms with Crippen molar-refractivity contribution in [3.8, 4) is 16.8 Å². The van der Waals surface area contributed by atoms with Crippen LogP contribution in [0.5, 0.6) is 0 Å². The average Bonchev–Trinajstić information content (AvgIpc) is 3.58. The summed E-state index contributed by atoms with van der Waals surface area (Å²) in [5.41, 5.74) is 7.69. The summed E-state index contributed by atoms with van der Waals surface area (Å²) in [6.07, 6.45) is -4.75. The first-order valence-corrected chi connectivity index (χ1v) is 15.7. The van der Waals surface area contributed by atoms with Gasteiger partial charge in [-0.3, -0.25) is 13.9 Å². The molecule has 5 rings (SSSR count). The molecule has 13 heteroatoms. The van der Waals surface area contributed by atoms with Crippen LogP contribution in [-0.2, 0) is 19.3 Å². The van der Waals surface area contributed by atoms with Crippen LogP contribution in [0.25, 0.3) is 16.8 Å². The van der Waals surface area contributed by atoms with Crippen LogP contribution >= 0.6 is 10.8 Å². The number of alkyl halides is 3. The van der Waals surface area contributed by atoms with Crippen LogP contribution in [0.1, 0.15) is 41.2 Å². The molecule has 1 aromatic heterocycles. The Kier molecular flexibility index (Phi) is 9.16. The topological polar surface area (TPSA) is 120 Å². The van der Waals surface area contributed by atoms with Gasteiger partial charge in [-0.25, -0.2) is 4.68 Å². The molecule has 0 saturated heterocycles. The molecule has 4 aromatic rings. The van der Waals surface area contributed by atoms with E-state index in [9.17, 15) is 27.1 Å². The Hall–Kier alpha value is -3.72. The molecule has 234 valence electrons. The summed E-state index contributed by atoms with van der Waals surface area (Å²) >= 11 is 0. The number of nitrogens with zero attached hydrogens (tertiary/aromatic N) is 4. The van der Waals surface area contributed by atoms with E-state index in [4.69, 9.17) is 5.73 Å². The predicted octanol–water partition coefficient (Wildman–Crippen LogP) is 6.45. The van der Waals surface area contributed by atoms with Crippen LogP contribution in [0, 0.1) is 0 Å². The van der Waals surface area contributed by atoms with Crippen molar-refractivity contribution in [2.24, 2.45) is 5.73 Å². The van der Waals surface area contributed by atoms with Crippen LogP contribution < -0.4 is 11.1 Å². The summed E-state index contributed by atoms with van der Waals surface area (Å²) in [5.74, 6) is -0.780. The molecule has 0 fully saturated rings. The smallest absolute Gasteiger partial charge is 0.326 e. The van der Waals surface area contributed by atoms with Crippen molar-refractivity contribution in [2.75, 3.05) is 31.5 Å². The standard InChI is InChI=1S/C31H35F3N6O3S/c1-3-38(4-2)15-16-39-20-23-8-6-10-26(29(23)44(39,42)43)22-11-13-24(14-12-22)36-30(41)27-18-28(31(32,33)34)37-40(27)25-9-5-7-21(17-25)19-35/h5-14,17-18,42-43H,3-4,15-16,19-20,35H2,1-2H3,(H,36,41). The fraction of sp³-hybridized carbons (Fsp3) is 0.290. The number of hydrogen-bond acceptors (Lipinski definition) is 7. The molecule has 0 atom stereocenters. The lowest BCUT2D eigenvalue weighted by Crippen LogP contribution is -2.34. The maximum Gasteiger partial charge on any atom is 0.435 e. The largest absolute Gasteiger partial charge is 0.435 e. The van der Waals surface area contributed by atoms with E-state index in [2.05, 4.69) is 29.2 Å². The summed E-state index contributed by atoms with van der Waals surface area (Å²) in [4.78, 5) is 16.0. The monoisotopic (exact) mass is 628 g/mol. The fourth-order valence-electron chi connectivity index (χ4n) is 5.29. The van der Waals surface area contributed by atoms with Crippen LogP contribution in [0.4, 0.5) is 18.9 Å². The number of halogens is 3. The molecule has 0 aliphatic carbocycles. The minimum absolute atomic E-state index is 0.170. The van der Waals surface area contributed by atoms with E-state index in [1.807, 2.05) is 18.2 Å². The van der Waals surface area contributed by atoms with Crippen molar-refractivity contribution in [1.29, 1.82) is 0 Å². The Morgan fingerprint density at radius 2 is 1.75 bits per heavy atom. The summed E-state index contributed by atoms with van der Waals surface area (Å²) in [6.45, 7) is 7.69. The van der Waals surface area contributed by atoms with E-state index in [0.717, 1.165) is 23.3 Å². The van der Waals surface area contributed by atoms with Crippen molar-refractivity contribution < 1.29 is 27.1 Å². The molecule has 3 aromatic carbocycles. The number of carbonyl (C=O) groups is 1. The fourth-order valence-corrected chi connectivity index (χ4v) is 7.17. The highest BCUT2D eigenvalue weighted by Gasteiger charge is 2.38. The Labute approximate surface area is 255 Å². The Balaban J connectivity index is 1.39. The minimum Gasteiger partial charge on any atom is -0.326 e. The third-order valence-corrected chi connectivity index (χ3v) is 9.78. The van der Waals surface area contributed by atoms with Gasteiger partial charge < -0.3 is 16.0 Å². The summed E-state index contributed by atoms with van der Waals surface area (Å²) in [6, 6.07) is 19.5. The third-order valence-electron chi connectivity index (χ3n) is 7.71. The van der Waals surface area contributed by atoms with Crippen LogP contribution in [0.2, 0.25) is 0 Å². The Morgan fingerprint density at radius 1 is 1.05 bits per heavy atom. The van der Waals surface area contributed by atoms with Gasteiger partial charge >= 0.3 is 6.18 Å². The van der Waals surface area contributed by atoms with Crippen LogP contribution in [0.3, 0.4) is 0 Å². The lowest BCUT2D eigenvalue weighted by atomic mass is 10.0. The first kappa shape index (κ1) is 31.7. The molecule has 1 aliphatic heterocycles. The number of likely N-dealkylation sites (N-methyl/N-ethyl adjacent to an activating group) is 1. The second-order valence-corrected chi connectivity index (χ2v) is 12.4. The average molecular weight is 629 g/mol. The Morgan fingerprint density at radius 3 is 2.41 bits per heavy atom. The summed E-state index contributed by atoms with van der Waals surface area (Å²) in [7, 11) is -3.22. The number of nitrogens with one attached hydrogen (secondary N) is 1. The predicted molar refractivity (Wildman–Crippen MR) is 166 cm³/mol. The van der Waals surface area contributed by atoms with E-state index in [1.54, 1.807) is 52.8 Å². The van der Waals surface area contributed by atoms with Gasteiger partial charge in [0.15, 0.2) is 5.69 Å². The number of aromatic nitrogens is 2. The van der Waals surface area contributed by atoms with Crippen molar-refractivity contribution in [1.82, 2.24) is 19.0 Å². The minimum atomic E-state index is -4.75. The molecule has 0 saturated carbocycles. The van der Waals surface area contributed by atoms with Gasteiger partial charge in [-0.1, -0.05) is 56.3 Å². The molecule has 2 heterocycles. The quantitative estimate of drug-likeness (QED) is 0.159. The zero-order valence-electron chi connectivity index (χ0n) is 24.4. The van der Waals surface area contributed by atoms with Gasteiger partial charge in [0.2, 0.25) is 0 Å². The maximum atomic E-state index is 13.6. The number of fused-ring (bicyclic) bond motifs is 1. The van der Waals surface area contributed by atoms with Gasteiger partial charge in [0.05, 0.1) is 10.6 Å². The first-order valence-electron chi connectivity index (χ1n) is 14.2. The zero-order valence-corrected chi connectivity index (χ0v) is 25.2. The van der Waals surface area contributed by atoms with Crippen molar-refractivity contribution in [2.45, 2.75) is 38.0 Å². The highest BCUT2D eigenvalue weighted by atomic mass is 32.3. The summed E-state index contributed by atoms with van der Waals surface area (Å²) in [5, 5.41) is 6.32. The number of hydrogen-bond donors (Lipinski definition) is 4. The SMILES string of the molecule is CCN(CC)CCN1Cc2cccc(-c3ccc(NC(=O)c4cc(C(F)(F)F)nn4-c4cccc(CN)c4)cc3)c2S1(O)O. The van der Waals surface area contributed by atoms with Crippen molar-refractivity contribution >= 4 is 22.4 Å². The van der Waals surface area contributed by atoms with E-state index in [-0.39, 0.29) is 17.9 Å².